The number of benzene rings is 1. The van der Waals surface area contributed by atoms with E-state index in [4.69, 9.17) is 23.3 Å². The smallest absolute Gasteiger partial charge is 0.406 e. The largest absolute Gasteiger partial charge is 0.479 e. The van der Waals surface area contributed by atoms with Crippen molar-refractivity contribution in [3.8, 4) is 5.88 Å². The average Bonchev–Trinajstić information content (AvgIpc) is 3.46. The van der Waals surface area contributed by atoms with Crippen LogP contribution in [-0.2, 0) is 34.5 Å². The van der Waals surface area contributed by atoms with Crippen LogP contribution in [0.2, 0.25) is 0 Å². The second kappa shape index (κ2) is 12.9. The lowest BCUT2D eigenvalue weighted by atomic mass is 10.1. The van der Waals surface area contributed by atoms with Gasteiger partial charge in [-0.05, 0) is 38.8 Å². The van der Waals surface area contributed by atoms with Gasteiger partial charge in [-0.15, -0.1) is 0 Å². The van der Waals surface area contributed by atoms with Crippen molar-refractivity contribution in [2.45, 2.75) is 71.0 Å². The molecule has 3 heterocycles. The van der Waals surface area contributed by atoms with Crippen LogP contribution in [0, 0.1) is 13.0 Å². The van der Waals surface area contributed by atoms with E-state index >= 15 is 0 Å². The summed E-state index contributed by atoms with van der Waals surface area (Å²) in [7, 11) is -2.94. The summed E-state index contributed by atoms with van der Waals surface area (Å²) in [6, 6.07) is 6.21. The zero-order valence-corrected chi connectivity index (χ0v) is 24.0. The van der Waals surface area contributed by atoms with Crippen molar-refractivity contribution in [3.05, 3.63) is 47.8 Å². The third-order valence-electron chi connectivity index (χ3n) is 6.28. The van der Waals surface area contributed by atoms with Gasteiger partial charge < -0.3 is 24.4 Å². The first kappa shape index (κ1) is 30.9. The third-order valence-corrected chi connectivity index (χ3v) is 7.95. The van der Waals surface area contributed by atoms with Crippen molar-refractivity contribution in [2.75, 3.05) is 13.7 Å². The summed E-state index contributed by atoms with van der Waals surface area (Å²) in [4.78, 5) is 23.7. The van der Waals surface area contributed by atoms with Crippen LogP contribution < -0.4 is 9.82 Å². The average molecular weight is 598 g/mol. The Kier molecular flexibility index (Phi) is 9.70. The molecule has 14 nitrogen and oxygen atoms in total. The number of aryl methyl sites for hydroxylation is 1. The Labute approximate surface area is 235 Å². The summed E-state index contributed by atoms with van der Waals surface area (Å²) in [6.07, 6.45) is -5.78. The second-order valence-corrected chi connectivity index (χ2v) is 11.5. The van der Waals surface area contributed by atoms with Crippen LogP contribution >= 0.6 is 7.75 Å². The number of hydrogen-bond acceptors (Lipinski definition) is 12. The second-order valence-electron chi connectivity index (χ2n) is 9.70. The minimum Gasteiger partial charge on any atom is -0.479 e. The van der Waals surface area contributed by atoms with E-state index in [0.717, 1.165) is 11.1 Å². The van der Waals surface area contributed by atoms with Crippen LogP contribution in [-0.4, -0.2) is 79.9 Å². The van der Waals surface area contributed by atoms with Gasteiger partial charge in [0.2, 0.25) is 5.88 Å². The van der Waals surface area contributed by atoms with Gasteiger partial charge in [0, 0.05) is 0 Å². The summed E-state index contributed by atoms with van der Waals surface area (Å²) in [6.45, 7) is 6.02. The first-order valence-electron chi connectivity index (χ1n) is 12.8. The molecule has 16 heteroatoms. The van der Waals surface area contributed by atoms with Crippen molar-refractivity contribution in [1.29, 1.82) is 0 Å². The van der Waals surface area contributed by atoms with Crippen LogP contribution in [0.15, 0.2) is 30.6 Å². The molecule has 1 aliphatic rings. The molecule has 0 saturated carbocycles. The Morgan fingerprint density at radius 1 is 1.20 bits per heavy atom. The van der Waals surface area contributed by atoms with Gasteiger partial charge >= 0.3 is 19.8 Å². The molecule has 0 spiro atoms. The highest BCUT2D eigenvalue weighted by Gasteiger charge is 2.46. The number of nitrogens with zero attached hydrogens (tertiary/aromatic N) is 4. The van der Waals surface area contributed by atoms with Crippen LogP contribution in [0.5, 0.6) is 5.88 Å². The molecule has 2 aromatic heterocycles. The van der Waals surface area contributed by atoms with Crippen molar-refractivity contribution < 1.29 is 47.2 Å². The highest BCUT2D eigenvalue weighted by molar-refractivity contribution is 7.51. The van der Waals surface area contributed by atoms with Crippen molar-refractivity contribution in [1.82, 2.24) is 24.6 Å². The molecule has 4 rings (SSSR count). The van der Waals surface area contributed by atoms with E-state index in [1.165, 1.54) is 24.9 Å². The lowest BCUT2D eigenvalue weighted by Crippen LogP contribution is -2.37. The maximum absolute atomic E-state index is 14.0. The van der Waals surface area contributed by atoms with E-state index in [0.29, 0.717) is 0 Å². The Bertz CT molecular complexity index is 1420. The molecular weight excluding hydrogens is 564 g/mol. The minimum absolute atomic E-state index is 0.0430. The fourth-order valence-electron chi connectivity index (χ4n) is 4.12. The summed E-state index contributed by atoms with van der Waals surface area (Å²) in [5.41, 5.74) is 1.69. The number of halogens is 1. The predicted octanol–water partition coefficient (Wildman–Crippen LogP) is 2.17. The van der Waals surface area contributed by atoms with Gasteiger partial charge in [-0.25, -0.2) is 14.6 Å². The molecule has 0 amide bonds. The molecule has 1 aromatic carbocycles. The third kappa shape index (κ3) is 7.07. The topological polar surface area (TPSA) is 176 Å². The number of hydrogen-bond donors (Lipinski definition) is 3. The van der Waals surface area contributed by atoms with Gasteiger partial charge in [-0.2, -0.15) is 14.4 Å². The number of rotatable bonds is 12. The molecular formula is C25H33FN5O9P. The molecule has 3 aromatic rings. The number of carbonyl (C=O) groups excluding carboxylic acids is 1. The van der Waals surface area contributed by atoms with Gasteiger partial charge in [-0.3, -0.25) is 18.4 Å². The number of nitrogens with one attached hydrogen (secondary N) is 1. The van der Waals surface area contributed by atoms with E-state index in [-0.39, 0.29) is 23.7 Å². The number of fused-ring (bicyclic) bond motifs is 1. The van der Waals surface area contributed by atoms with Crippen LogP contribution in [0.3, 0.4) is 0 Å². The molecule has 3 N–H and O–H groups in total. The van der Waals surface area contributed by atoms with Crippen LogP contribution in [0.4, 0.5) is 4.39 Å². The molecule has 41 heavy (non-hydrogen) atoms. The molecule has 1 saturated heterocycles. The number of ether oxygens (including phenoxy) is 3. The van der Waals surface area contributed by atoms with Gasteiger partial charge in [0.05, 0.1) is 32.8 Å². The number of aliphatic hydroxyl groups is 2. The van der Waals surface area contributed by atoms with Crippen LogP contribution in [0.25, 0.3) is 11.2 Å². The van der Waals surface area contributed by atoms with Gasteiger partial charge in [-0.1, -0.05) is 24.3 Å². The molecule has 0 radical (unpaired) electrons. The van der Waals surface area contributed by atoms with E-state index in [1.807, 2.05) is 19.1 Å². The van der Waals surface area contributed by atoms with Gasteiger partial charge in [0.25, 0.3) is 0 Å². The molecule has 1 fully saturated rings. The zero-order valence-electron chi connectivity index (χ0n) is 23.1. The Balaban J connectivity index is 1.51. The number of aromatic nitrogens is 4. The minimum atomic E-state index is -4.22. The summed E-state index contributed by atoms with van der Waals surface area (Å²) in [5, 5.41) is 24.0. The van der Waals surface area contributed by atoms with Gasteiger partial charge in [0.1, 0.15) is 24.4 Å². The number of imidazole rings is 1. The highest BCUT2D eigenvalue weighted by Crippen LogP contribution is 2.46. The first-order valence-corrected chi connectivity index (χ1v) is 14.3. The fourth-order valence-corrected chi connectivity index (χ4v) is 5.58. The summed E-state index contributed by atoms with van der Waals surface area (Å²) >= 11 is 0. The zero-order chi connectivity index (χ0) is 29.9. The molecule has 0 aliphatic carbocycles. The maximum Gasteiger partial charge on any atom is 0.406 e. The lowest BCUT2D eigenvalue weighted by molar-refractivity contribution is -0.149. The summed E-state index contributed by atoms with van der Waals surface area (Å²) in [5.74, 6) is -0.797. The monoisotopic (exact) mass is 597 g/mol. The van der Waals surface area contributed by atoms with Crippen molar-refractivity contribution >= 4 is 24.9 Å². The Hall–Kier alpha value is -3.04. The number of esters is 1. The molecule has 6 atom stereocenters. The van der Waals surface area contributed by atoms with E-state index in [1.54, 1.807) is 26.0 Å². The number of aliphatic hydroxyl groups excluding tert-OH is 2. The number of methoxy groups -OCH3 is 1. The molecule has 1 aliphatic heterocycles. The van der Waals surface area contributed by atoms with Crippen molar-refractivity contribution in [3.63, 3.8) is 0 Å². The lowest BCUT2D eigenvalue weighted by Gasteiger charge is -2.25. The summed E-state index contributed by atoms with van der Waals surface area (Å²) < 4.78 is 56.3. The first-order chi connectivity index (χ1) is 19.4. The van der Waals surface area contributed by atoms with E-state index in [2.05, 4.69) is 20.0 Å². The van der Waals surface area contributed by atoms with Crippen LogP contribution in [0.1, 0.15) is 38.1 Å². The molecule has 0 bridgehead atoms. The standard InChI is InChI=1S/C25H33FN5O9P/c1-13(2)39-24(34)15(4)30-41(35,37-10-16-9-7-6-8-14(16)3)38-11-17-19(32)20(33)23(40-17)31-12-27-18-21(31)28-25(26)29-22(18)36-5/h6-9,12-13,15,17,19-20,23,32-33H,10-11H2,1-5H3,(H,30,35)/t15-,17?,19?,20?,23?,41+/m0/s1. The number of carbonyl (C=O) groups is 1. The quantitative estimate of drug-likeness (QED) is 0.157. The fraction of sp³-hybridized carbons (Fsp3) is 0.520. The van der Waals surface area contributed by atoms with E-state index < -0.39 is 63.1 Å². The van der Waals surface area contributed by atoms with E-state index in [9.17, 15) is 24.0 Å². The predicted molar refractivity (Wildman–Crippen MR) is 141 cm³/mol. The molecule has 224 valence electrons. The van der Waals surface area contributed by atoms with Crippen molar-refractivity contribution in [2.24, 2.45) is 0 Å². The van der Waals surface area contributed by atoms with Gasteiger partial charge in [0.15, 0.2) is 17.4 Å². The normalized spacial score (nSPS) is 23.0. The Morgan fingerprint density at radius 2 is 1.93 bits per heavy atom. The highest BCUT2D eigenvalue weighted by atomic mass is 31.2. The SMILES string of the molecule is COc1nc(F)nc2c1ncn2C1OC(CO[P@@](=O)(N[C@@H](C)C(=O)OC(C)C)OCc2ccccc2C)C(O)C1O. The maximum atomic E-state index is 14.0. The molecule has 4 unspecified atom stereocenters. The Morgan fingerprint density at radius 3 is 2.61 bits per heavy atom.